The van der Waals surface area contributed by atoms with E-state index in [1.54, 1.807) is 66.7 Å². The van der Waals surface area contributed by atoms with Crippen molar-refractivity contribution < 1.29 is 14.3 Å². The second-order valence-corrected chi connectivity index (χ2v) is 7.13. The third-order valence-corrected chi connectivity index (χ3v) is 4.67. The van der Waals surface area contributed by atoms with Crippen LogP contribution in [0.15, 0.2) is 66.7 Å². The van der Waals surface area contributed by atoms with E-state index < -0.39 is 0 Å². The van der Waals surface area contributed by atoms with Gasteiger partial charge in [0.05, 0.1) is 0 Å². The van der Waals surface area contributed by atoms with E-state index in [4.69, 9.17) is 27.9 Å². The van der Waals surface area contributed by atoms with E-state index in [9.17, 15) is 9.59 Å². The lowest BCUT2D eigenvalue weighted by atomic mass is 10.2. The summed E-state index contributed by atoms with van der Waals surface area (Å²) in [7, 11) is 0. The fourth-order valence-corrected chi connectivity index (χ4v) is 2.83. The highest BCUT2D eigenvalue weighted by Gasteiger charge is 2.08. The van der Waals surface area contributed by atoms with E-state index in [0.29, 0.717) is 32.7 Å². The second-order valence-electron chi connectivity index (χ2n) is 6.29. The molecule has 3 aromatic carbocycles. The van der Waals surface area contributed by atoms with Gasteiger partial charge in [0.15, 0.2) is 6.61 Å². The summed E-state index contributed by atoms with van der Waals surface area (Å²) in [6, 6.07) is 18.7. The van der Waals surface area contributed by atoms with Gasteiger partial charge in [-0.15, -0.1) is 0 Å². The number of hydrogen-bond acceptors (Lipinski definition) is 3. The van der Waals surface area contributed by atoms with Crippen molar-refractivity contribution in [1.82, 2.24) is 0 Å². The maximum atomic E-state index is 12.2. The molecule has 0 atom stereocenters. The van der Waals surface area contributed by atoms with Gasteiger partial charge < -0.3 is 15.4 Å². The predicted octanol–water partition coefficient (Wildman–Crippen LogP) is 5.57. The van der Waals surface area contributed by atoms with Crippen molar-refractivity contribution in [2.45, 2.75) is 6.92 Å². The van der Waals surface area contributed by atoms with Crippen LogP contribution in [0.3, 0.4) is 0 Å². The first kappa shape index (κ1) is 20.7. The van der Waals surface area contributed by atoms with E-state index in [2.05, 4.69) is 10.6 Å². The van der Waals surface area contributed by atoms with Gasteiger partial charge in [-0.3, -0.25) is 9.59 Å². The molecule has 0 spiro atoms. The van der Waals surface area contributed by atoms with Gasteiger partial charge in [0, 0.05) is 27.0 Å². The van der Waals surface area contributed by atoms with Crippen LogP contribution in [-0.4, -0.2) is 18.4 Å². The van der Waals surface area contributed by atoms with Crippen LogP contribution in [0.5, 0.6) is 5.75 Å². The number of hydrogen-bond donors (Lipinski definition) is 2. The lowest BCUT2D eigenvalue weighted by Gasteiger charge is -2.10. The number of nitrogens with one attached hydrogen (secondary N) is 2. The summed E-state index contributed by atoms with van der Waals surface area (Å²) >= 11 is 11.9. The summed E-state index contributed by atoms with van der Waals surface area (Å²) in [6.45, 7) is 1.73. The molecule has 0 unspecified atom stereocenters. The summed E-state index contributed by atoms with van der Waals surface area (Å²) in [5.74, 6) is 0.00499. The molecule has 2 amide bonds. The van der Waals surface area contributed by atoms with Crippen LogP contribution in [0.4, 0.5) is 11.4 Å². The van der Waals surface area contributed by atoms with Crippen molar-refractivity contribution in [1.29, 1.82) is 0 Å². The molecule has 0 heterocycles. The molecule has 0 aromatic heterocycles. The van der Waals surface area contributed by atoms with Crippen LogP contribution in [0.1, 0.15) is 15.9 Å². The number of ether oxygens (including phenoxy) is 1. The highest BCUT2D eigenvalue weighted by molar-refractivity contribution is 6.31. The molecule has 0 aliphatic rings. The molecule has 0 radical (unpaired) electrons. The maximum Gasteiger partial charge on any atom is 0.262 e. The molecule has 3 rings (SSSR count). The monoisotopic (exact) mass is 428 g/mol. The van der Waals surface area contributed by atoms with Gasteiger partial charge in [-0.25, -0.2) is 0 Å². The molecule has 3 aromatic rings. The first-order valence-corrected chi connectivity index (χ1v) is 9.52. The number of anilines is 2. The van der Waals surface area contributed by atoms with Crippen molar-refractivity contribution in [3.05, 3.63) is 87.9 Å². The number of carbonyl (C=O) groups excluding carboxylic acids is 2. The maximum absolute atomic E-state index is 12.2. The van der Waals surface area contributed by atoms with Gasteiger partial charge in [-0.05, 0) is 73.2 Å². The number of rotatable bonds is 6. The Morgan fingerprint density at radius 2 is 1.59 bits per heavy atom. The number of benzene rings is 3. The van der Waals surface area contributed by atoms with Crippen molar-refractivity contribution in [2.24, 2.45) is 0 Å². The smallest absolute Gasteiger partial charge is 0.262 e. The van der Waals surface area contributed by atoms with Crippen LogP contribution in [-0.2, 0) is 4.79 Å². The Labute approximate surface area is 178 Å². The average molecular weight is 429 g/mol. The Morgan fingerprint density at radius 3 is 2.24 bits per heavy atom. The molecule has 148 valence electrons. The lowest BCUT2D eigenvalue weighted by molar-refractivity contribution is -0.118. The molecule has 0 aliphatic carbocycles. The van der Waals surface area contributed by atoms with Crippen molar-refractivity contribution in [2.75, 3.05) is 17.2 Å². The number of carbonyl (C=O) groups is 2. The summed E-state index contributed by atoms with van der Waals surface area (Å²) in [5, 5.41) is 6.65. The Balaban J connectivity index is 1.52. The van der Waals surface area contributed by atoms with Gasteiger partial charge in [-0.2, -0.15) is 0 Å². The largest absolute Gasteiger partial charge is 0.484 e. The molecular weight excluding hydrogens is 411 g/mol. The minimum atomic E-state index is -0.298. The molecule has 0 aliphatic heterocycles. The highest BCUT2D eigenvalue weighted by atomic mass is 35.5. The van der Waals surface area contributed by atoms with Crippen LogP contribution in [0.2, 0.25) is 10.0 Å². The van der Waals surface area contributed by atoms with E-state index in [-0.39, 0.29) is 18.4 Å². The zero-order chi connectivity index (χ0) is 20.8. The lowest BCUT2D eigenvalue weighted by Crippen LogP contribution is -2.20. The zero-order valence-electron chi connectivity index (χ0n) is 15.5. The zero-order valence-corrected chi connectivity index (χ0v) is 17.1. The Hall–Kier alpha value is -3.02. The molecule has 2 N–H and O–H groups in total. The van der Waals surface area contributed by atoms with E-state index >= 15 is 0 Å². The fourth-order valence-electron chi connectivity index (χ4n) is 2.52. The van der Waals surface area contributed by atoms with E-state index in [1.165, 1.54) is 0 Å². The van der Waals surface area contributed by atoms with E-state index in [1.807, 2.05) is 6.92 Å². The summed E-state index contributed by atoms with van der Waals surface area (Å²) in [6.07, 6.45) is 0. The number of aryl methyl sites for hydroxylation is 1. The molecule has 0 fully saturated rings. The Kier molecular flexibility index (Phi) is 6.75. The summed E-state index contributed by atoms with van der Waals surface area (Å²) in [5.41, 5.74) is 2.52. The van der Waals surface area contributed by atoms with Gasteiger partial charge in [0.2, 0.25) is 0 Å². The standard InChI is InChI=1S/C22H18Cl2N2O3/c1-14-11-19(9-10-20(14)24)29-13-21(27)25-17-5-7-18(8-6-17)26-22(28)15-3-2-4-16(23)12-15/h2-12H,13H2,1H3,(H,25,27)(H,26,28). The Morgan fingerprint density at radius 1 is 0.897 bits per heavy atom. The molecule has 7 heteroatoms. The average Bonchev–Trinajstić information content (AvgIpc) is 2.70. The number of halogens is 2. The molecule has 0 saturated carbocycles. The van der Waals surface area contributed by atoms with Crippen LogP contribution in [0, 0.1) is 6.92 Å². The van der Waals surface area contributed by atoms with Gasteiger partial charge in [-0.1, -0.05) is 29.3 Å². The third-order valence-electron chi connectivity index (χ3n) is 4.01. The molecule has 5 nitrogen and oxygen atoms in total. The van der Waals surface area contributed by atoms with Gasteiger partial charge >= 0.3 is 0 Å². The van der Waals surface area contributed by atoms with Crippen molar-refractivity contribution in [3.8, 4) is 5.75 Å². The van der Waals surface area contributed by atoms with Crippen LogP contribution < -0.4 is 15.4 Å². The molecular formula is C22H18Cl2N2O3. The predicted molar refractivity (Wildman–Crippen MR) is 116 cm³/mol. The van der Waals surface area contributed by atoms with Crippen molar-refractivity contribution >= 4 is 46.4 Å². The summed E-state index contributed by atoms with van der Waals surface area (Å²) in [4.78, 5) is 24.3. The summed E-state index contributed by atoms with van der Waals surface area (Å²) < 4.78 is 5.47. The highest BCUT2D eigenvalue weighted by Crippen LogP contribution is 2.21. The normalized spacial score (nSPS) is 10.3. The Bertz CT molecular complexity index is 1040. The first-order chi connectivity index (χ1) is 13.9. The van der Waals surface area contributed by atoms with E-state index in [0.717, 1.165) is 5.56 Å². The molecule has 29 heavy (non-hydrogen) atoms. The molecule has 0 saturated heterocycles. The minimum absolute atomic E-state index is 0.131. The topological polar surface area (TPSA) is 67.4 Å². The third kappa shape index (κ3) is 5.98. The molecule has 0 bridgehead atoms. The van der Waals surface area contributed by atoms with Gasteiger partial charge in [0.1, 0.15) is 5.75 Å². The van der Waals surface area contributed by atoms with Gasteiger partial charge in [0.25, 0.3) is 11.8 Å². The first-order valence-electron chi connectivity index (χ1n) is 8.76. The van der Waals surface area contributed by atoms with Crippen LogP contribution in [0.25, 0.3) is 0 Å². The SMILES string of the molecule is Cc1cc(OCC(=O)Nc2ccc(NC(=O)c3cccc(Cl)c3)cc2)ccc1Cl. The number of amides is 2. The fraction of sp³-hybridized carbons (Fsp3) is 0.0909. The minimum Gasteiger partial charge on any atom is -0.484 e. The quantitative estimate of drug-likeness (QED) is 0.538. The van der Waals surface area contributed by atoms with Crippen LogP contribution >= 0.6 is 23.2 Å². The second kappa shape index (κ2) is 9.45. The van der Waals surface area contributed by atoms with Crippen molar-refractivity contribution in [3.63, 3.8) is 0 Å².